The maximum Gasteiger partial charge on any atom is 0.297 e. The first-order valence-electron chi connectivity index (χ1n) is 12.7. The van der Waals surface area contributed by atoms with Crippen LogP contribution in [0.1, 0.15) is 54.1 Å². The van der Waals surface area contributed by atoms with Gasteiger partial charge in [-0.1, -0.05) is 31.2 Å². The Kier molecular flexibility index (Phi) is 6.78. The van der Waals surface area contributed by atoms with Gasteiger partial charge in [-0.15, -0.1) is 0 Å². The van der Waals surface area contributed by atoms with Crippen LogP contribution in [0.3, 0.4) is 0 Å². The molecule has 2 saturated carbocycles. The molecule has 1 heterocycles. The summed E-state index contributed by atoms with van der Waals surface area (Å²) in [6.07, 6.45) is 7.08. The molecule has 0 bridgehead atoms. The molecule has 0 radical (unpaired) electrons. The van der Waals surface area contributed by atoms with Crippen molar-refractivity contribution in [1.29, 1.82) is 0 Å². The molecular formula is C28H33N5O3. The third-order valence-electron chi connectivity index (χ3n) is 6.78. The van der Waals surface area contributed by atoms with Crippen LogP contribution >= 0.6 is 0 Å². The Hall–Kier alpha value is -3.65. The minimum atomic E-state index is -0.388. The highest BCUT2D eigenvalue weighted by molar-refractivity contribution is 5.95. The molecule has 1 aromatic heterocycles. The summed E-state index contributed by atoms with van der Waals surface area (Å²) in [5, 5.41) is 9.72. The monoisotopic (exact) mass is 487 g/mol. The molecular weight excluding hydrogens is 454 g/mol. The van der Waals surface area contributed by atoms with Crippen LogP contribution in [0.25, 0.3) is 5.69 Å². The van der Waals surface area contributed by atoms with E-state index < -0.39 is 0 Å². The first kappa shape index (κ1) is 24.1. The van der Waals surface area contributed by atoms with Gasteiger partial charge in [0.25, 0.3) is 11.5 Å². The van der Waals surface area contributed by atoms with Crippen molar-refractivity contribution in [2.75, 3.05) is 25.0 Å². The summed E-state index contributed by atoms with van der Waals surface area (Å²) in [6.45, 7) is 6.24. The summed E-state index contributed by atoms with van der Waals surface area (Å²) >= 11 is 0. The Morgan fingerprint density at radius 2 is 2.00 bits per heavy atom. The average molecular weight is 488 g/mol. The highest BCUT2D eigenvalue weighted by Crippen LogP contribution is 2.50. The minimum Gasteiger partial charge on any atom is -0.492 e. The van der Waals surface area contributed by atoms with Gasteiger partial charge in [0.2, 0.25) is 0 Å². The summed E-state index contributed by atoms with van der Waals surface area (Å²) in [7, 11) is 0. The standard InChI is InChI=1S/C28H33N5O3/c1-3-29-15-17-36-24-7-5-4-6-22(24)28(12-13-28)32-25-27(35)33(16-14-30-25)23-18-20(9-8-19(23)2)26(34)31-21-10-11-21/h4-9,14,16,18,21,29H,3,10-13,15,17H2,1-2H3,(H,30,32)(H,31,34). The zero-order chi connectivity index (χ0) is 25.1. The summed E-state index contributed by atoms with van der Waals surface area (Å²) in [4.78, 5) is 30.5. The number of carbonyl (C=O) groups is 1. The second-order valence-corrected chi connectivity index (χ2v) is 9.61. The molecule has 3 aromatic rings. The van der Waals surface area contributed by atoms with Gasteiger partial charge in [0.1, 0.15) is 12.4 Å². The molecule has 3 N–H and O–H groups in total. The SMILES string of the molecule is CCNCCOc1ccccc1C1(Nc2nccn(-c3cc(C(=O)NC4CC4)ccc3C)c2=O)CC1. The number of carbonyl (C=O) groups excluding carboxylic acids is 1. The van der Waals surface area contributed by atoms with Crippen molar-refractivity contribution in [3.05, 3.63) is 81.9 Å². The Balaban J connectivity index is 1.41. The molecule has 1 amide bonds. The van der Waals surface area contributed by atoms with Crippen LogP contribution in [0.2, 0.25) is 0 Å². The zero-order valence-electron chi connectivity index (χ0n) is 20.8. The summed E-state index contributed by atoms with van der Waals surface area (Å²) < 4.78 is 7.63. The third-order valence-corrected chi connectivity index (χ3v) is 6.78. The van der Waals surface area contributed by atoms with E-state index in [1.165, 1.54) is 0 Å². The lowest BCUT2D eigenvalue weighted by Crippen LogP contribution is -2.30. The third kappa shape index (κ3) is 5.14. The normalized spacial score (nSPS) is 15.8. The lowest BCUT2D eigenvalue weighted by atomic mass is 10.0. The van der Waals surface area contributed by atoms with Crippen molar-refractivity contribution >= 4 is 11.7 Å². The largest absolute Gasteiger partial charge is 0.492 e. The predicted molar refractivity (Wildman–Crippen MR) is 140 cm³/mol. The van der Waals surface area contributed by atoms with Crippen molar-refractivity contribution < 1.29 is 9.53 Å². The number of para-hydroxylation sites is 1. The van der Waals surface area contributed by atoms with Crippen LogP contribution in [0.15, 0.2) is 59.7 Å². The number of aromatic nitrogens is 2. The number of ether oxygens (including phenoxy) is 1. The van der Waals surface area contributed by atoms with E-state index in [1.54, 1.807) is 29.1 Å². The van der Waals surface area contributed by atoms with Crippen molar-refractivity contribution in [1.82, 2.24) is 20.2 Å². The summed E-state index contributed by atoms with van der Waals surface area (Å²) in [5.74, 6) is 0.994. The fourth-order valence-electron chi connectivity index (χ4n) is 4.40. The van der Waals surface area contributed by atoms with Crippen molar-refractivity contribution in [2.45, 2.75) is 51.1 Å². The molecule has 36 heavy (non-hydrogen) atoms. The Bertz CT molecular complexity index is 1310. The lowest BCUT2D eigenvalue weighted by Gasteiger charge is -2.22. The highest BCUT2D eigenvalue weighted by Gasteiger charge is 2.47. The van der Waals surface area contributed by atoms with Crippen LogP contribution < -0.4 is 26.2 Å². The number of hydrogen-bond donors (Lipinski definition) is 3. The molecule has 8 heteroatoms. The number of likely N-dealkylation sites (N-methyl/N-ethyl adjacent to an activating group) is 1. The number of rotatable bonds is 11. The minimum absolute atomic E-state index is 0.109. The quantitative estimate of drug-likeness (QED) is 0.358. The van der Waals surface area contributed by atoms with E-state index in [1.807, 2.05) is 31.2 Å². The van der Waals surface area contributed by atoms with E-state index in [-0.39, 0.29) is 28.9 Å². The van der Waals surface area contributed by atoms with Crippen LogP contribution in [0.4, 0.5) is 5.82 Å². The molecule has 0 unspecified atom stereocenters. The Morgan fingerprint density at radius 3 is 2.75 bits per heavy atom. The van der Waals surface area contributed by atoms with Crippen molar-refractivity contribution in [3.8, 4) is 11.4 Å². The van der Waals surface area contributed by atoms with Crippen molar-refractivity contribution in [2.24, 2.45) is 0 Å². The average Bonchev–Trinajstić information content (AvgIpc) is 3.82. The second-order valence-electron chi connectivity index (χ2n) is 9.61. The van der Waals surface area contributed by atoms with Gasteiger partial charge in [-0.2, -0.15) is 0 Å². The number of benzene rings is 2. The molecule has 0 aliphatic heterocycles. The number of nitrogens with one attached hydrogen (secondary N) is 3. The molecule has 5 rings (SSSR count). The fraction of sp³-hybridized carbons (Fsp3) is 0.393. The topological polar surface area (TPSA) is 97.3 Å². The summed E-state index contributed by atoms with van der Waals surface area (Å²) in [5.41, 5.74) is 2.51. The van der Waals surface area contributed by atoms with Gasteiger partial charge >= 0.3 is 0 Å². The molecule has 2 aromatic carbocycles. The van der Waals surface area contributed by atoms with Gasteiger partial charge in [-0.3, -0.25) is 14.2 Å². The molecule has 2 fully saturated rings. The van der Waals surface area contributed by atoms with Crippen LogP contribution in [0.5, 0.6) is 5.75 Å². The first-order valence-corrected chi connectivity index (χ1v) is 12.7. The van der Waals surface area contributed by atoms with E-state index in [0.29, 0.717) is 17.9 Å². The summed E-state index contributed by atoms with van der Waals surface area (Å²) in [6, 6.07) is 13.7. The van der Waals surface area contributed by atoms with E-state index in [0.717, 1.165) is 55.6 Å². The highest BCUT2D eigenvalue weighted by atomic mass is 16.5. The molecule has 8 nitrogen and oxygen atoms in total. The number of hydrogen-bond acceptors (Lipinski definition) is 6. The van der Waals surface area contributed by atoms with E-state index in [4.69, 9.17) is 4.74 Å². The van der Waals surface area contributed by atoms with E-state index in [2.05, 4.69) is 33.9 Å². The predicted octanol–water partition coefficient (Wildman–Crippen LogP) is 3.52. The lowest BCUT2D eigenvalue weighted by molar-refractivity contribution is 0.0951. The van der Waals surface area contributed by atoms with E-state index >= 15 is 0 Å². The fourth-order valence-corrected chi connectivity index (χ4v) is 4.40. The van der Waals surface area contributed by atoms with Gasteiger partial charge in [0.05, 0.1) is 11.2 Å². The zero-order valence-corrected chi connectivity index (χ0v) is 20.8. The second kappa shape index (κ2) is 10.1. The number of aryl methyl sites for hydroxylation is 1. The van der Waals surface area contributed by atoms with Gasteiger partial charge < -0.3 is 20.7 Å². The maximum absolute atomic E-state index is 13.6. The molecule has 0 spiro atoms. The Labute approximate surface area is 211 Å². The first-order chi connectivity index (χ1) is 17.5. The van der Waals surface area contributed by atoms with Crippen LogP contribution in [-0.4, -0.2) is 41.2 Å². The Morgan fingerprint density at radius 1 is 1.19 bits per heavy atom. The van der Waals surface area contributed by atoms with Gasteiger partial charge in [-0.05, 0) is 62.9 Å². The maximum atomic E-state index is 13.6. The number of nitrogens with zero attached hydrogens (tertiary/aromatic N) is 2. The number of amides is 1. The smallest absolute Gasteiger partial charge is 0.297 e. The molecule has 2 aliphatic carbocycles. The van der Waals surface area contributed by atoms with Crippen molar-refractivity contribution in [3.63, 3.8) is 0 Å². The molecule has 188 valence electrons. The van der Waals surface area contributed by atoms with Gasteiger partial charge in [0.15, 0.2) is 5.82 Å². The molecule has 0 saturated heterocycles. The number of anilines is 1. The van der Waals surface area contributed by atoms with E-state index in [9.17, 15) is 9.59 Å². The van der Waals surface area contributed by atoms with Gasteiger partial charge in [0, 0.05) is 36.1 Å². The van der Waals surface area contributed by atoms with Gasteiger partial charge in [-0.25, -0.2) is 4.98 Å². The molecule has 0 atom stereocenters. The van der Waals surface area contributed by atoms with Crippen LogP contribution in [0, 0.1) is 6.92 Å². The van der Waals surface area contributed by atoms with Crippen LogP contribution in [-0.2, 0) is 5.54 Å². The molecule has 2 aliphatic rings.